The van der Waals surface area contributed by atoms with Gasteiger partial charge in [-0.05, 0) is 31.4 Å². The van der Waals surface area contributed by atoms with Gasteiger partial charge in [0, 0.05) is 12.7 Å². The fourth-order valence-electron chi connectivity index (χ4n) is 2.24. The van der Waals surface area contributed by atoms with Crippen molar-refractivity contribution in [3.8, 4) is 11.5 Å². The van der Waals surface area contributed by atoms with E-state index >= 15 is 0 Å². The van der Waals surface area contributed by atoms with Gasteiger partial charge in [-0.3, -0.25) is 4.99 Å². The van der Waals surface area contributed by atoms with Crippen LogP contribution in [0, 0.1) is 0 Å². The second-order valence-corrected chi connectivity index (χ2v) is 4.91. The minimum absolute atomic E-state index is 0.173. The fourth-order valence-corrected chi connectivity index (χ4v) is 2.24. The predicted molar refractivity (Wildman–Crippen MR) is 83.2 cm³/mol. The lowest BCUT2D eigenvalue weighted by atomic mass is 10.1. The Morgan fingerprint density at radius 3 is 2.90 bits per heavy atom. The van der Waals surface area contributed by atoms with Crippen LogP contribution in [0.3, 0.4) is 0 Å². The smallest absolute Gasteiger partial charge is 0.193 e. The summed E-state index contributed by atoms with van der Waals surface area (Å²) in [5.41, 5.74) is 6.65. The fraction of sp³-hybridized carbons (Fsp3) is 0.533. The summed E-state index contributed by atoms with van der Waals surface area (Å²) in [6.45, 7) is 1.39. The minimum atomic E-state index is 0.173. The standard InChI is InChI=1S/C15H23N3O3/c1-19-11-6-7-14(20-2)13(9-11)18-15(16)17-10-12-5-3-4-8-21-12/h6-7,9,12H,3-5,8,10H2,1-2H3,(H3,16,17,18). The van der Waals surface area contributed by atoms with Crippen LogP contribution in [0.15, 0.2) is 23.2 Å². The van der Waals surface area contributed by atoms with Gasteiger partial charge < -0.3 is 25.3 Å². The molecule has 1 fully saturated rings. The summed E-state index contributed by atoms with van der Waals surface area (Å²) >= 11 is 0. The van der Waals surface area contributed by atoms with Crippen molar-refractivity contribution in [2.24, 2.45) is 10.7 Å². The number of ether oxygens (including phenoxy) is 3. The molecule has 0 aromatic heterocycles. The maximum atomic E-state index is 5.92. The third-order valence-corrected chi connectivity index (χ3v) is 3.41. The molecule has 6 nitrogen and oxygen atoms in total. The molecule has 21 heavy (non-hydrogen) atoms. The van der Waals surface area contributed by atoms with Gasteiger partial charge in [0.25, 0.3) is 0 Å². The lowest BCUT2D eigenvalue weighted by Crippen LogP contribution is -2.27. The molecule has 1 aromatic carbocycles. The third kappa shape index (κ3) is 4.53. The summed E-state index contributed by atoms with van der Waals surface area (Å²) in [5, 5.41) is 3.04. The van der Waals surface area contributed by atoms with Crippen molar-refractivity contribution >= 4 is 11.6 Å². The molecule has 0 aliphatic carbocycles. The normalized spacial score (nSPS) is 19.1. The summed E-state index contributed by atoms with van der Waals surface area (Å²) in [6.07, 6.45) is 3.54. The van der Waals surface area contributed by atoms with Crippen LogP contribution < -0.4 is 20.5 Å². The van der Waals surface area contributed by atoms with Gasteiger partial charge in [-0.25, -0.2) is 0 Å². The Morgan fingerprint density at radius 1 is 1.38 bits per heavy atom. The highest BCUT2D eigenvalue weighted by Crippen LogP contribution is 2.28. The quantitative estimate of drug-likeness (QED) is 0.641. The van der Waals surface area contributed by atoms with Gasteiger partial charge in [0.05, 0.1) is 32.6 Å². The van der Waals surface area contributed by atoms with Gasteiger partial charge in [-0.15, -0.1) is 0 Å². The molecular formula is C15H23N3O3. The van der Waals surface area contributed by atoms with E-state index in [-0.39, 0.29) is 6.10 Å². The van der Waals surface area contributed by atoms with E-state index in [0.717, 1.165) is 30.9 Å². The number of methoxy groups -OCH3 is 2. The first-order valence-corrected chi connectivity index (χ1v) is 7.13. The van der Waals surface area contributed by atoms with Gasteiger partial charge in [-0.2, -0.15) is 0 Å². The molecule has 1 aromatic rings. The van der Waals surface area contributed by atoms with E-state index in [1.165, 1.54) is 6.42 Å². The van der Waals surface area contributed by atoms with E-state index in [9.17, 15) is 0 Å². The van der Waals surface area contributed by atoms with Gasteiger partial charge in [-0.1, -0.05) is 0 Å². The summed E-state index contributed by atoms with van der Waals surface area (Å²) in [5.74, 6) is 1.75. The van der Waals surface area contributed by atoms with Crippen LogP contribution in [0.1, 0.15) is 19.3 Å². The molecule has 1 aliphatic heterocycles. The Morgan fingerprint density at radius 2 is 2.24 bits per heavy atom. The van der Waals surface area contributed by atoms with Gasteiger partial charge in [0.1, 0.15) is 11.5 Å². The van der Waals surface area contributed by atoms with Crippen LogP contribution in [0.4, 0.5) is 5.69 Å². The van der Waals surface area contributed by atoms with Gasteiger partial charge in [0.2, 0.25) is 0 Å². The molecule has 1 heterocycles. The molecule has 1 aliphatic rings. The zero-order valence-electron chi connectivity index (χ0n) is 12.6. The Bertz CT molecular complexity index is 485. The molecule has 2 rings (SSSR count). The molecule has 0 saturated carbocycles. The van der Waals surface area contributed by atoms with Crippen LogP contribution in [0.2, 0.25) is 0 Å². The van der Waals surface area contributed by atoms with Crippen molar-refractivity contribution in [2.45, 2.75) is 25.4 Å². The molecule has 0 amide bonds. The first kappa shape index (κ1) is 15.4. The van der Waals surface area contributed by atoms with Crippen molar-refractivity contribution in [1.82, 2.24) is 0 Å². The van der Waals surface area contributed by atoms with Crippen molar-refractivity contribution in [3.63, 3.8) is 0 Å². The highest BCUT2D eigenvalue weighted by Gasteiger charge is 2.13. The number of benzene rings is 1. The first-order chi connectivity index (χ1) is 10.2. The molecule has 0 spiro atoms. The molecular weight excluding hydrogens is 270 g/mol. The number of nitrogens with two attached hydrogens (primary N) is 1. The molecule has 1 saturated heterocycles. The summed E-state index contributed by atoms with van der Waals surface area (Å²) in [6, 6.07) is 5.46. The highest BCUT2D eigenvalue weighted by atomic mass is 16.5. The van der Waals surface area contributed by atoms with Gasteiger partial charge in [0.15, 0.2) is 5.96 Å². The van der Waals surface area contributed by atoms with E-state index in [0.29, 0.717) is 18.3 Å². The lowest BCUT2D eigenvalue weighted by molar-refractivity contribution is 0.0225. The molecule has 116 valence electrons. The topological polar surface area (TPSA) is 78.1 Å². The van der Waals surface area contributed by atoms with E-state index < -0.39 is 0 Å². The van der Waals surface area contributed by atoms with Gasteiger partial charge >= 0.3 is 0 Å². The number of guanidine groups is 1. The number of nitrogens with zero attached hydrogens (tertiary/aromatic N) is 1. The van der Waals surface area contributed by atoms with Crippen LogP contribution in [0.5, 0.6) is 11.5 Å². The molecule has 0 bridgehead atoms. The third-order valence-electron chi connectivity index (χ3n) is 3.41. The summed E-state index contributed by atoms with van der Waals surface area (Å²) in [7, 11) is 3.22. The number of anilines is 1. The van der Waals surface area contributed by atoms with E-state index in [2.05, 4.69) is 10.3 Å². The molecule has 1 atom stereocenters. The number of hydrogen-bond acceptors (Lipinski definition) is 4. The largest absolute Gasteiger partial charge is 0.497 e. The number of aliphatic imine (C=N–C) groups is 1. The zero-order valence-corrected chi connectivity index (χ0v) is 12.6. The second-order valence-electron chi connectivity index (χ2n) is 4.91. The monoisotopic (exact) mass is 293 g/mol. The number of nitrogens with one attached hydrogen (secondary N) is 1. The number of hydrogen-bond donors (Lipinski definition) is 2. The van der Waals surface area contributed by atoms with E-state index in [1.54, 1.807) is 14.2 Å². The lowest BCUT2D eigenvalue weighted by Gasteiger charge is -2.21. The molecule has 1 unspecified atom stereocenters. The molecule has 3 N–H and O–H groups in total. The average molecular weight is 293 g/mol. The molecule has 0 radical (unpaired) electrons. The van der Waals surface area contributed by atoms with Crippen LogP contribution >= 0.6 is 0 Å². The van der Waals surface area contributed by atoms with Crippen molar-refractivity contribution in [3.05, 3.63) is 18.2 Å². The van der Waals surface area contributed by atoms with Crippen LogP contribution in [0.25, 0.3) is 0 Å². The van der Waals surface area contributed by atoms with Crippen molar-refractivity contribution in [1.29, 1.82) is 0 Å². The Kier molecular flexibility index (Phi) is 5.68. The Hall–Kier alpha value is -1.95. The molecule has 6 heteroatoms. The zero-order chi connectivity index (χ0) is 15.1. The van der Waals surface area contributed by atoms with Crippen molar-refractivity contribution in [2.75, 3.05) is 32.7 Å². The second kappa shape index (κ2) is 7.73. The van der Waals surface area contributed by atoms with Crippen molar-refractivity contribution < 1.29 is 14.2 Å². The van der Waals surface area contributed by atoms with E-state index in [4.69, 9.17) is 19.9 Å². The first-order valence-electron chi connectivity index (χ1n) is 7.13. The maximum absolute atomic E-state index is 5.92. The average Bonchev–Trinajstić information content (AvgIpc) is 2.54. The maximum Gasteiger partial charge on any atom is 0.193 e. The van der Waals surface area contributed by atoms with E-state index in [1.807, 2.05) is 18.2 Å². The van der Waals surface area contributed by atoms with Crippen LogP contribution in [-0.2, 0) is 4.74 Å². The SMILES string of the molecule is COc1ccc(OC)c(NC(N)=NCC2CCCCO2)c1. The predicted octanol–water partition coefficient (Wildman–Crippen LogP) is 2.00. The minimum Gasteiger partial charge on any atom is -0.497 e. The Labute approximate surface area is 125 Å². The van der Waals surface area contributed by atoms with Crippen LogP contribution in [-0.4, -0.2) is 39.4 Å². The number of rotatable bonds is 5. The Balaban J connectivity index is 1.98. The summed E-state index contributed by atoms with van der Waals surface area (Å²) < 4.78 is 16.1. The summed E-state index contributed by atoms with van der Waals surface area (Å²) in [4.78, 5) is 4.34. The highest BCUT2D eigenvalue weighted by molar-refractivity contribution is 5.94.